The van der Waals surface area contributed by atoms with Gasteiger partial charge in [-0.25, -0.2) is 0 Å². The van der Waals surface area contributed by atoms with Crippen molar-refractivity contribution in [1.82, 2.24) is 15.1 Å². The third-order valence-electron chi connectivity index (χ3n) is 5.79. The summed E-state index contributed by atoms with van der Waals surface area (Å²) in [5.74, 6) is -0.0768. The Morgan fingerprint density at radius 2 is 1.86 bits per heavy atom. The molecular formula is C23H25N3O3. The summed E-state index contributed by atoms with van der Waals surface area (Å²) in [6.07, 6.45) is 1.64. The Kier molecular flexibility index (Phi) is 5.34. The number of carbonyl (C=O) groups is 3. The van der Waals surface area contributed by atoms with Gasteiger partial charge in [-0.3, -0.25) is 14.4 Å². The Labute approximate surface area is 170 Å². The van der Waals surface area contributed by atoms with Crippen LogP contribution in [0.1, 0.15) is 39.9 Å². The number of hydrogen-bond acceptors (Lipinski definition) is 3. The van der Waals surface area contributed by atoms with Crippen LogP contribution in [0.4, 0.5) is 0 Å². The van der Waals surface area contributed by atoms with E-state index in [9.17, 15) is 14.4 Å². The molecule has 2 aliphatic rings. The lowest BCUT2D eigenvalue weighted by Gasteiger charge is -2.36. The van der Waals surface area contributed by atoms with Gasteiger partial charge in [-0.05, 0) is 48.6 Å². The number of fused-ring (bicyclic) bond motifs is 1. The average molecular weight is 391 g/mol. The molecule has 150 valence electrons. The molecule has 2 saturated heterocycles. The monoisotopic (exact) mass is 391 g/mol. The molecule has 0 saturated carbocycles. The molecule has 2 fully saturated rings. The van der Waals surface area contributed by atoms with Crippen LogP contribution in [-0.4, -0.2) is 46.7 Å². The van der Waals surface area contributed by atoms with Crippen molar-refractivity contribution in [2.75, 3.05) is 13.1 Å². The predicted molar refractivity (Wildman–Crippen MR) is 109 cm³/mol. The first-order valence-electron chi connectivity index (χ1n) is 10.0. The summed E-state index contributed by atoms with van der Waals surface area (Å²) in [7, 11) is 0. The van der Waals surface area contributed by atoms with Crippen molar-refractivity contribution in [3.05, 3.63) is 70.8 Å². The van der Waals surface area contributed by atoms with Gasteiger partial charge in [0.2, 0.25) is 11.8 Å². The molecule has 0 unspecified atom stereocenters. The van der Waals surface area contributed by atoms with E-state index in [4.69, 9.17) is 0 Å². The highest BCUT2D eigenvalue weighted by Gasteiger charge is 2.41. The van der Waals surface area contributed by atoms with Gasteiger partial charge in [0.15, 0.2) is 0 Å². The molecule has 2 heterocycles. The zero-order chi connectivity index (χ0) is 20.4. The molecule has 3 amide bonds. The van der Waals surface area contributed by atoms with Crippen LogP contribution in [-0.2, 0) is 22.7 Å². The van der Waals surface area contributed by atoms with Crippen LogP contribution in [0.15, 0.2) is 48.5 Å². The first kappa shape index (κ1) is 19.2. The third kappa shape index (κ3) is 4.01. The van der Waals surface area contributed by atoms with E-state index in [0.717, 1.165) is 29.5 Å². The number of hydrogen-bond donors (Lipinski definition) is 1. The second-order valence-electron chi connectivity index (χ2n) is 7.75. The normalized spacial score (nSPS) is 18.7. The third-order valence-corrected chi connectivity index (χ3v) is 5.79. The minimum absolute atomic E-state index is 0.0271. The molecule has 1 N–H and O–H groups in total. The van der Waals surface area contributed by atoms with Gasteiger partial charge in [0.1, 0.15) is 12.6 Å². The Hall–Kier alpha value is -3.15. The van der Waals surface area contributed by atoms with Gasteiger partial charge in [-0.1, -0.05) is 36.4 Å². The van der Waals surface area contributed by atoms with Crippen LogP contribution < -0.4 is 5.32 Å². The van der Waals surface area contributed by atoms with Crippen LogP contribution in [0.2, 0.25) is 0 Å². The fraction of sp³-hybridized carbons (Fsp3) is 0.348. The summed E-state index contributed by atoms with van der Waals surface area (Å²) < 4.78 is 0. The van der Waals surface area contributed by atoms with Crippen LogP contribution in [0.3, 0.4) is 0 Å². The van der Waals surface area contributed by atoms with Gasteiger partial charge in [0, 0.05) is 25.2 Å². The molecule has 6 heteroatoms. The number of nitrogens with zero attached hydrogens (tertiary/aromatic N) is 2. The van der Waals surface area contributed by atoms with Gasteiger partial charge in [0.25, 0.3) is 5.91 Å². The highest BCUT2D eigenvalue weighted by molar-refractivity contribution is 5.95. The Balaban J connectivity index is 1.36. The van der Waals surface area contributed by atoms with Crippen molar-refractivity contribution in [2.24, 2.45) is 0 Å². The maximum atomic E-state index is 12.6. The summed E-state index contributed by atoms with van der Waals surface area (Å²) in [5, 5.41) is 2.94. The van der Waals surface area contributed by atoms with Crippen LogP contribution in [0.5, 0.6) is 0 Å². The number of carbonyl (C=O) groups excluding carboxylic acids is 3. The molecular weight excluding hydrogens is 366 g/mol. The SMILES string of the molecule is Cc1ccccc1CNC(=O)c1ccc(CN2CC(=O)N3CCC[C@@H]3C2=O)cc1. The second kappa shape index (κ2) is 8.07. The summed E-state index contributed by atoms with van der Waals surface area (Å²) in [6.45, 7) is 3.71. The molecule has 4 rings (SSSR count). The number of rotatable bonds is 5. The van der Waals surface area contributed by atoms with Gasteiger partial charge < -0.3 is 15.1 Å². The minimum Gasteiger partial charge on any atom is -0.348 e. The molecule has 0 aliphatic carbocycles. The van der Waals surface area contributed by atoms with Gasteiger partial charge in [0.05, 0.1) is 0 Å². The van der Waals surface area contributed by atoms with E-state index in [2.05, 4.69) is 5.32 Å². The fourth-order valence-corrected chi connectivity index (χ4v) is 4.07. The standard InChI is InChI=1S/C23H25N3O3/c1-16-5-2-3-6-19(16)13-24-22(28)18-10-8-17(9-11-18)14-25-15-21(27)26-12-4-7-20(26)23(25)29/h2-3,5-6,8-11,20H,4,7,12-15H2,1H3,(H,24,28)/t20-/m1/s1. The lowest BCUT2D eigenvalue weighted by Crippen LogP contribution is -2.56. The lowest BCUT2D eigenvalue weighted by atomic mass is 10.1. The number of piperazine rings is 1. The molecule has 2 aromatic carbocycles. The minimum atomic E-state index is -0.289. The summed E-state index contributed by atoms with van der Waals surface area (Å²) >= 11 is 0. The van der Waals surface area contributed by atoms with E-state index in [1.165, 1.54) is 0 Å². The number of nitrogens with one attached hydrogen (secondary N) is 1. The summed E-state index contributed by atoms with van der Waals surface area (Å²) in [4.78, 5) is 40.7. The lowest BCUT2D eigenvalue weighted by molar-refractivity contribution is -0.154. The smallest absolute Gasteiger partial charge is 0.251 e. The zero-order valence-corrected chi connectivity index (χ0v) is 16.6. The van der Waals surface area contributed by atoms with Gasteiger partial charge in [-0.2, -0.15) is 0 Å². The van der Waals surface area contributed by atoms with E-state index in [1.54, 1.807) is 21.9 Å². The highest BCUT2D eigenvalue weighted by atomic mass is 16.2. The average Bonchev–Trinajstić information content (AvgIpc) is 3.22. The number of benzene rings is 2. The van der Waals surface area contributed by atoms with Crippen LogP contribution in [0.25, 0.3) is 0 Å². The first-order chi connectivity index (χ1) is 14.0. The van der Waals surface area contributed by atoms with E-state index < -0.39 is 0 Å². The highest BCUT2D eigenvalue weighted by Crippen LogP contribution is 2.24. The van der Waals surface area contributed by atoms with Crippen LogP contribution >= 0.6 is 0 Å². The maximum Gasteiger partial charge on any atom is 0.251 e. The van der Waals surface area contributed by atoms with Crippen LogP contribution in [0, 0.1) is 6.92 Å². The van der Waals surface area contributed by atoms with E-state index in [-0.39, 0.29) is 30.3 Å². The van der Waals surface area contributed by atoms with E-state index >= 15 is 0 Å². The Morgan fingerprint density at radius 3 is 2.62 bits per heavy atom. The van der Waals surface area contributed by atoms with E-state index in [0.29, 0.717) is 25.2 Å². The Morgan fingerprint density at radius 1 is 1.10 bits per heavy atom. The molecule has 0 aromatic heterocycles. The number of aryl methyl sites for hydroxylation is 1. The van der Waals surface area contributed by atoms with Crippen molar-refractivity contribution >= 4 is 17.7 Å². The largest absolute Gasteiger partial charge is 0.348 e. The Bertz CT molecular complexity index is 939. The summed E-state index contributed by atoms with van der Waals surface area (Å²) in [5.41, 5.74) is 3.72. The topological polar surface area (TPSA) is 69.7 Å². The van der Waals surface area contributed by atoms with E-state index in [1.807, 2.05) is 43.3 Å². The molecule has 0 bridgehead atoms. The summed E-state index contributed by atoms with van der Waals surface area (Å²) in [6, 6.07) is 14.9. The maximum absolute atomic E-state index is 12.6. The quantitative estimate of drug-likeness (QED) is 0.850. The molecule has 29 heavy (non-hydrogen) atoms. The molecule has 1 atom stereocenters. The zero-order valence-electron chi connectivity index (χ0n) is 16.6. The van der Waals surface area contributed by atoms with Gasteiger partial charge in [-0.15, -0.1) is 0 Å². The van der Waals surface area contributed by atoms with Crippen molar-refractivity contribution < 1.29 is 14.4 Å². The first-order valence-corrected chi connectivity index (χ1v) is 10.0. The molecule has 2 aliphatic heterocycles. The van der Waals surface area contributed by atoms with Gasteiger partial charge >= 0.3 is 0 Å². The fourth-order valence-electron chi connectivity index (χ4n) is 4.07. The predicted octanol–water partition coefficient (Wildman–Crippen LogP) is 2.26. The number of amides is 3. The molecule has 0 spiro atoms. The van der Waals surface area contributed by atoms with Crippen molar-refractivity contribution in [3.63, 3.8) is 0 Å². The molecule has 0 radical (unpaired) electrons. The van der Waals surface area contributed by atoms with Crippen molar-refractivity contribution in [2.45, 2.75) is 38.9 Å². The van der Waals surface area contributed by atoms with Crippen molar-refractivity contribution in [3.8, 4) is 0 Å². The molecule has 6 nitrogen and oxygen atoms in total. The second-order valence-corrected chi connectivity index (χ2v) is 7.75. The molecule has 2 aromatic rings. The van der Waals surface area contributed by atoms with Crippen molar-refractivity contribution in [1.29, 1.82) is 0 Å².